The van der Waals surface area contributed by atoms with Crippen molar-refractivity contribution >= 4 is 11.9 Å². The Bertz CT molecular complexity index is 1000. The molecule has 3 rings (SSSR count). The van der Waals surface area contributed by atoms with Crippen LogP contribution < -0.4 is 11.1 Å². The molecule has 0 aliphatic carbocycles. The molecule has 1 amide bonds. The number of nitrogens with zero attached hydrogens (tertiary/aromatic N) is 1. The van der Waals surface area contributed by atoms with E-state index >= 15 is 0 Å². The van der Waals surface area contributed by atoms with E-state index in [2.05, 4.69) is 10.3 Å². The molecule has 7 heteroatoms. The van der Waals surface area contributed by atoms with Crippen molar-refractivity contribution in [2.45, 2.75) is 45.4 Å². The minimum atomic E-state index is -0.878. The molecule has 7 nitrogen and oxygen atoms in total. The summed E-state index contributed by atoms with van der Waals surface area (Å²) in [5.74, 6) is -0.584. The van der Waals surface area contributed by atoms with Crippen molar-refractivity contribution in [1.82, 2.24) is 10.3 Å². The van der Waals surface area contributed by atoms with Crippen molar-refractivity contribution in [3.8, 4) is 0 Å². The maximum Gasteiger partial charge on any atom is 0.329 e. The summed E-state index contributed by atoms with van der Waals surface area (Å²) in [4.78, 5) is 29.9. The highest BCUT2D eigenvalue weighted by Crippen LogP contribution is 2.21. The predicted octanol–water partition coefficient (Wildman–Crippen LogP) is 3.81. The van der Waals surface area contributed by atoms with Crippen LogP contribution in [0, 0.1) is 5.92 Å². The van der Waals surface area contributed by atoms with E-state index < -0.39 is 24.0 Å². The molecule has 2 aromatic carbocycles. The van der Waals surface area contributed by atoms with Gasteiger partial charge in [0.05, 0.1) is 6.04 Å². The van der Waals surface area contributed by atoms with Crippen LogP contribution >= 0.6 is 0 Å². The lowest BCUT2D eigenvalue weighted by Gasteiger charge is -2.17. The molecule has 0 aliphatic rings. The second-order valence-corrected chi connectivity index (χ2v) is 7.79. The quantitative estimate of drug-likeness (QED) is 0.469. The van der Waals surface area contributed by atoms with Gasteiger partial charge >= 0.3 is 5.97 Å². The van der Waals surface area contributed by atoms with E-state index in [1.807, 2.05) is 74.5 Å². The zero-order valence-corrected chi connectivity index (χ0v) is 18.4. The molecule has 0 saturated carbocycles. The highest BCUT2D eigenvalue weighted by Gasteiger charge is 2.26. The first kappa shape index (κ1) is 23.2. The highest BCUT2D eigenvalue weighted by molar-refractivity contribution is 5.95. The van der Waals surface area contributed by atoms with Gasteiger partial charge in [0.1, 0.15) is 18.9 Å². The van der Waals surface area contributed by atoms with E-state index in [1.54, 1.807) is 0 Å². The fraction of sp³-hybridized carbons (Fsp3) is 0.320. The van der Waals surface area contributed by atoms with Gasteiger partial charge in [0.2, 0.25) is 5.89 Å². The van der Waals surface area contributed by atoms with Crippen LogP contribution in [0.15, 0.2) is 71.3 Å². The Labute approximate surface area is 188 Å². The number of hydrogen-bond donors (Lipinski definition) is 2. The Morgan fingerprint density at radius 1 is 1.06 bits per heavy atom. The summed E-state index contributed by atoms with van der Waals surface area (Å²) < 4.78 is 10.9. The van der Waals surface area contributed by atoms with Crippen LogP contribution in [0.4, 0.5) is 0 Å². The zero-order chi connectivity index (χ0) is 22.9. The van der Waals surface area contributed by atoms with Gasteiger partial charge in [0, 0.05) is 6.42 Å². The number of amides is 1. The summed E-state index contributed by atoms with van der Waals surface area (Å²) in [6.07, 6.45) is 2.41. The van der Waals surface area contributed by atoms with Crippen molar-refractivity contribution in [2.24, 2.45) is 11.7 Å². The van der Waals surface area contributed by atoms with Crippen molar-refractivity contribution in [2.75, 3.05) is 0 Å². The maximum absolute atomic E-state index is 12.8. The second-order valence-electron chi connectivity index (χ2n) is 7.79. The predicted molar refractivity (Wildman–Crippen MR) is 121 cm³/mol. The second kappa shape index (κ2) is 11.2. The molecular weight excluding hydrogens is 406 g/mol. The first-order valence-electron chi connectivity index (χ1n) is 10.7. The standard InChI is InChI=1S/C25H29N3O4/c1-3-17(2)22(26)24-28-21(16-31-24)23(29)27-20(14-18-10-6-4-7-11-18)25(30)32-15-19-12-8-5-9-13-19/h4-13,16-17,20,22H,3,14-15,26H2,1-2H3,(H,27,29). The lowest BCUT2D eigenvalue weighted by atomic mass is 10.0. The number of nitrogens with two attached hydrogens (primary N) is 1. The molecule has 0 spiro atoms. The third kappa shape index (κ3) is 6.28. The van der Waals surface area contributed by atoms with Gasteiger partial charge in [-0.1, -0.05) is 80.9 Å². The zero-order valence-electron chi connectivity index (χ0n) is 18.4. The fourth-order valence-electron chi connectivity index (χ4n) is 3.15. The van der Waals surface area contributed by atoms with Gasteiger partial charge in [-0.3, -0.25) is 4.79 Å². The average Bonchev–Trinajstić information content (AvgIpc) is 3.33. The molecule has 0 aliphatic heterocycles. The van der Waals surface area contributed by atoms with Gasteiger partial charge in [0.15, 0.2) is 5.69 Å². The summed E-state index contributed by atoms with van der Waals surface area (Å²) in [6, 6.07) is 17.5. The number of benzene rings is 2. The molecule has 1 heterocycles. The Kier molecular flexibility index (Phi) is 8.16. The number of hydrogen-bond acceptors (Lipinski definition) is 6. The molecule has 0 radical (unpaired) electrons. The van der Waals surface area contributed by atoms with Gasteiger partial charge in [0.25, 0.3) is 5.91 Å². The van der Waals surface area contributed by atoms with Crippen LogP contribution in [-0.4, -0.2) is 22.9 Å². The molecule has 0 fully saturated rings. The molecule has 3 atom stereocenters. The van der Waals surface area contributed by atoms with Crippen molar-refractivity contribution in [3.05, 3.63) is 89.6 Å². The molecule has 3 unspecified atom stereocenters. The first-order valence-corrected chi connectivity index (χ1v) is 10.7. The minimum Gasteiger partial charge on any atom is -0.459 e. The number of esters is 1. The molecule has 32 heavy (non-hydrogen) atoms. The smallest absolute Gasteiger partial charge is 0.329 e. The van der Waals surface area contributed by atoms with E-state index in [4.69, 9.17) is 14.9 Å². The summed E-state index contributed by atoms with van der Waals surface area (Å²) in [5, 5.41) is 2.74. The molecule has 3 N–H and O–H groups in total. The van der Waals surface area contributed by atoms with E-state index in [0.29, 0.717) is 5.89 Å². The highest BCUT2D eigenvalue weighted by atomic mass is 16.5. The summed E-state index contributed by atoms with van der Waals surface area (Å²) >= 11 is 0. The van der Waals surface area contributed by atoms with Crippen LogP contribution in [0.5, 0.6) is 0 Å². The number of rotatable bonds is 10. The van der Waals surface area contributed by atoms with Crippen LogP contribution in [0.1, 0.15) is 53.8 Å². The van der Waals surface area contributed by atoms with E-state index in [1.165, 1.54) is 6.26 Å². The van der Waals surface area contributed by atoms with E-state index in [0.717, 1.165) is 17.5 Å². The average molecular weight is 436 g/mol. The Balaban J connectivity index is 1.70. The van der Waals surface area contributed by atoms with Gasteiger partial charge in [-0.15, -0.1) is 0 Å². The Morgan fingerprint density at radius 2 is 1.69 bits per heavy atom. The SMILES string of the molecule is CCC(C)C(N)c1nc(C(=O)NC(Cc2ccccc2)C(=O)OCc2ccccc2)co1. The van der Waals surface area contributed by atoms with Crippen LogP contribution in [0.3, 0.4) is 0 Å². The van der Waals surface area contributed by atoms with Crippen LogP contribution in [0.25, 0.3) is 0 Å². The molecule has 3 aromatic rings. The molecular formula is C25H29N3O4. The maximum atomic E-state index is 12.8. The first-order chi connectivity index (χ1) is 15.5. The summed E-state index contributed by atoms with van der Waals surface area (Å²) in [7, 11) is 0. The van der Waals surface area contributed by atoms with E-state index in [9.17, 15) is 9.59 Å². The van der Waals surface area contributed by atoms with Crippen LogP contribution in [0.2, 0.25) is 0 Å². The normalized spacial score (nSPS) is 13.7. The van der Waals surface area contributed by atoms with Crippen LogP contribution in [-0.2, 0) is 22.6 Å². The Morgan fingerprint density at radius 3 is 2.31 bits per heavy atom. The molecule has 1 aromatic heterocycles. The Hall–Kier alpha value is -3.45. The summed E-state index contributed by atoms with van der Waals surface area (Å²) in [5.41, 5.74) is 7.99. The molecule has 0 bridgehead atoms. The lowest BCUT2D eigenvalue weighted by Crippen LogP contribution is -2.43. The lowest BCUT2D eigenvalue weighted by molar-refractivity contribution is -0.147. The molecule has 0 saturated heterocycles. The van der Waals surface area contributed by atoms with E-state index in [-0.39, 0.29) is 24.6 Å². The van der Waals surface area contributed by atoms with Gasteiger partial charge < -0.3 is 20.2 Å². The van der Waals surface area contributed by atoms with Gasteiger partial charge in [-0.05, 0) is 17.0 Å². The molecule has 168 valence electrons. The minimum absolute atomic E-state index is 0.0766. The number of oxazole rings is 1. The monoisotopic (exact) mass is 435 g/mol. The topological polar surface area (TPSA) is 107 Å². The third-order valence-electron chi connectivity index (χ3n) is 5.39. The fourth-order valence-corrected chi connectivity index (χ4v) is 3.15. The third-order valence-corrected chi connectivity index (χ3v) is 5.39. The number of ether oxygens (including phenoxy) is 1. The summed E-state index contributed by atoms with van der Waals surface area (Å²) in [6.45, 7) is 4.14. The van der Waals surface area contributed by atoms with Crippen molar-refractivity contribution in [1.29, 1.82) is 0 Å². The van der Waals surface area contributed by atoms with Crippen molar-refractivity contribution < 1.29 is 18.7 Å². The number of aromatic nitrogens is 1. The van der Waals surface area contributed by atoms with Gasteiger partial charge in [-0.25, -0.2) is 9.78 Å². The van der Waals surface area contributed by atoms with Gasteiger partial charge in [-0.2, -0.15) is 0 Å². The number of carbonyl (C=O) groups excluding carboxylic acids is 2. The largest absolute Gasteiger partial charge is 0.459 e. The number of carbonyl (C=O) groups is 2. The number of nitrogens with one attached hydrogen (secondary N) is 1. The van der Waals surface area contributed by atoms with Crippen molar-refractivity contribution in [3.63, 3.8) is 0 Å².